The van der Waals surface area contributed by atoms with Crippen molar-refractivity contribution in [1.82, 2.24) is 30.1 Å². The van der Waals surface area contributed by atoms with Gasteiger partial charge in [-0.15, -0.1) is 0 Å². The molecule has 0 aromatic carbocycles. The number of carbonyl (C=O) groups excluding carboxylic acids is 2. The predicted molar refractivity (Wildman–Crippen MR) is 92.0 cm³/mol. The highest BCUT2D eigenvalue weighted by Crippen LogP contribution is 2.16. The Bertz CT molecular complexity index is 713. The molecule has 8 heteroatoms. The van der Waals surface area contributed by atoms with Gasteiger partial charge in [-0.1, -0.05) is 6.07 Å². The topological polar surface area (TPSA) is 92.2 Å². The zero-order valence-corrected chi connectivity index (χ0v) is 14.2. The number of rotatable bonds is 4. The van der Waals surface area contributed by atoms with Crippen LogP contribution in [0.3, 0.4) is 0 Å². The molecule has 3 amide bonds. The number of piperidine rings is 1. The second-order valence-electron chi connectivity index (χ2n) is 6.05. The monoisotopic (exact) mass is 342 g/mol. The number of carbonyl (C=O) groups is 2. The first-order valence-electron chi connectivity index (χ1n) is 8.35. The molecule has 1 aliphatic rings. The first kappa shape index (κ1) is 16.9. The minimum atomic E-state index is -0.146. The fraction of sp³-hybridized carbons (Fsp3) is 0.412. The van der Waals surface area contributed by atoms with Crippen LogP contribution >= 0.6 is 0 Å². The maximum absolute atomic E-state index is 12.3. The van der Waals surface area contributed by atoms with Crippen LogP contribution in [0.4, 0.5) is 4.79 Å². The van der Waals surface area contributed by atoms with Crippen molar-refractivity contribution in [3.63, 3.8) is 0 Å². The molecule has 3 rings (SSSR count). The highest BCUT2D eigenvalue weighted by molar-refractivity contribution is 5.80. The minimum absolute atomic E-state index is 0.00297. The van der Waals surface area contributed by atoms with E-state index in [1.807, 2.05) is 22.9 Å². The van der Waals surface area contributed by atoms with Crippen molar-refractivity contribution in [2.24, 2.45) is 5.92 Å². The number of nitrogens with zero attached hydrogens (tertiary/aromatic N) is 4. The third-order valence-corrected chi connectivity index (χ3v) is 4.35. The fourth-order valence-corrected chi connectivity index (χ4v) is 2.94. The normalized spacial score (nSPS) is 17.2. The molecule has 1 unspecified atom stereocenters. The molecule has 0 aliphatic carbocycles. The first-order chi connectivity index (χ1) is 12.2. The fourth-order valence-electron chi connectivity index (χ4n) is 2.94. The standard InChI is InChI=1S/C17H22N6O2/c1-18-16(24)14-3-2-7-22(11-14)17(25)21-10-13-4-5-15(20-9-13)23-8-6-19-12-23/h4-6,8-9,12,14H,2-3,7,10-11H2,1H3,(H,18,24)(H,21,25). The van der Waals surface area contributed by atoms with Gasteiger partial charge in [0, 0.05) is 45.3 Å². The number of nitrogens with one attached hydrogen (secondary N) is 2. The quantitative estimate of drug-likeness (QED) is 0.865. The first-order valence-corrected chi connectivity index (χ1v) is 8.35. The molecule has 132 valence electrons. The predicted octanol–water partition coefficient (Wildman–Crippen LogP) is 0.935. The van der Waals surface area contributed by atoms with Gasteiger partial charge in [0.1, 0.15) is 12.1 Å². The molecule has 25 heavy (non-hydrogen) atoms. The van der Waals surface area contributed by atoms with Crippen LogP contribution in [0.1, 0.15) is 18.4 Å². The largest absolute Gasteiger partial charge is 0.359 e. The highest BCUT2D eigenvalue weighted by atomic mass is 16.2. The molecule has 0 saturated carbocycles. The average Bonchev–Trinajstić information content (AvgIpc) is 3.20. The molecule has 3 heterocycles. The molecule has 1 fully saturated rings. The molecule has 2 aromatic rings. The number of likely N-dealkylation sites (tertiary alicyclic amines) is 1. The number of aromatic nitrogens is 3. The molecule has 1 saturated heterocycles. The van der Waals surface area contributed by atoms with E-state index < -0.39 is 0 Å². The van der Waals surface area contributed by atoms with Crippen molar-refractivity contribution in [2.75, 3.05) is 20.1 Å². The number of hydrogen-bond acceptors (Lipinski definition) is 4. The number of amides is 3. The van der Waals surface area contributed by atoms with E-state index in [4.69, 9.17) is 0 Å². The Morgan fingerprint density at radius 3 is 2.92 bits per heavy atom. The third-order valence-electron chi connectivity index (χ3n) is 4.35. The van der Waals surface area contributed by atoms with Crippen LogP contribution in [0.5, 0.6) is 0 Å². The van der Waals surface area contributed by atoms with Crippen molar-refractivity contribution in [2.45, 2.75) is 19.4 Å². The zero-order chi connectivity index (χ0) is 17.6. The van der Waals surface area contributed by atoms with Gasteiger partial charge in [-0.05, 0) is 24.5 Å². The van der Waals surface area contributed by atoms with Crippen molar-refractivity contribution < 1.29 is 9.59 Å². The summed E-state index contributed by atoms with van der Waals surface area (Å²) in [7, 11) is 1.63. The van der Waals surface area contributed by atoms with Gasteiger partial charge in [-0.2, -0.15) is 0 Å². The van der Waals surface area contributed by atoms with Crippen LogP contribution in [0.2, 0.25) is 0 Å². The summed E-state index contributed by atoms with van der Waals surface area (Å²) in [6, 6.07) is 3.66. The van der Waals surface area contributed by atoms with E-state index in [0.717, 1.165) is 24.2 Å². The summed E-state index contributed by atoms with van der Waals surface area (Å²) >= 11 is 0. The van der Waals surface area contributed by atoms with Gasteiger partial charge in [0.2, 0.25) is 5.91 Å². The number of imidazole rings is 1. The summed E-state index contributed by atoms with van der Waals surface area (Å²) in [6.07, 6.45) is 8.60. The molecule has 1 atom stereocenters. The van der Waals surface area contributed by atoms with Gasteiger partial charge < -0.3 is 15.5 Å². The van der Waals surface area contributed by atoms with E-state index in [0.29, 0.717) is 19.6 Å². The zero-order valence-electron chi connectivity index (χ0n) is 14.2. The maximum atomic E-state index is 12.3. The molecule has 8 nitrogen and oxygen atoms in total. The van der Waals surface area contributed by atoms with E-state index in [1.54, 1.807) is 30.7 Å². The molecule has 1 aliphatic heterocycles. The van der Waals surface area contributed by atoms with Crippen LogP contribution in [-0.2, 0) is 11.3 Å². The Morgan fingerprint density at radius 2 is 2.24 bits per heavy atom. The summed E-state index contributed by atoms with van der Waals surface area (Å²) in [4.78, 5) is 34.1. The molecule has 2 aromatic heterocycles. The second kappa shape index (κ2) is 7.78. The van der Waals surface area contributed by atoms with E-state index in [2.05, 4.69) is 20.6 Å². The maximum Gasteiger partial charge on any atom is 0.317 e. The Balaban J connectivity index is 1.52. The van der Waals surface area contributed by atoms with Crippen LogP contribution in [0.25, 0.3) is 5.82 Å². The van der Waals surface area contributed by atoms with E-state index in [1.165, 1.54) is 0 Å². The summed E-state index contributed by atoms with van der Waals surface area (Å²) in [5, 5.41) is 5.55. The van der Waals surface area contributed by atoms with Crippen molar-refractivity contribution in [3.8, 4) is 5.82 Å². The molecular formula is C17H22N6O2. The van der Waals surface area contributed by atoms with E-state index >= 15 is 0 Å². The number of hydrogen-bond donors (Lipinski definition) is 2. The lowest BCUT2D eigenvalue weighted by Gasteiger charge is -2.31. The third kappa shape index (κ3) is 4.14. The highest BCUT2D eigenvalue weighted by Gasteiger charge is 2.27. The molecular weight excluding hydrogens is 320 g/mol. The van der Waals surface area contributed by atoms with Gasteiger partial charge in [-0.25, -0.2) is 14.8 Å². The Hall–Kier alpha value is -2.90. The van der Waals surface area contributed by atoms with E-state index in [-0.39, 0.29) is 17.9 Å². The van der Waals surface area contributed by atoms with Crippen LogP contribution in [0, 0.1) is 5.92 Å². The molecule has 0 radical (unpaired) electrons. The molecule has 2 N–H and O–H groups in total. The summed E-state index contributed by atoms with van der Waals surface area (Å²) in [5.41, 5.74) is 0.914. The number of urea groups is 1. The lowest BCUT2D eigenvalue weighted by atomic mass is 9.97. The van der Waals surface area contributed by atoms with Crippen LogP contribution in [0.15, 0.2) is 37.1 Å². The minimum Gasteiger partial charge on any atom is -0.359 e. The van der Waals surface area contributed by atoms with Crippen molar-refractivity contribution >= 4 is 11.9 Å². The van der Waals surface area contributed by atoms with Gasteiger partial charge in [0.25, 0.3) is 0 Å². The van der Waals surface area contributed by atoms with Gasteiger partial charge >= 0.3 is 6.03 Å². The van der Waals surface area contributed by atoms with Crippen molar-refractivity contribution in [3.05, 3.63) is 42.6 Å². The van der Waals surface area contributed by atoms with Crippen LogP contribution in [-0.4, -0.2) is 51.5 Å². The van der Waals surface area contributed by atoms with Gasteiger partial charge in [-0.3, -0.25) is 9.36 Å². The van der Waals surface area contributed by atoms with Crippen LogP contribution < -0.4 is 10.6 Å². The second-order valence-corrected chi connectivity index (χ2v) is 6.05. The average molecular weight is 342 g/mol. The SMILES string of the molecule is CNC(=O)C1CCCN(C(=O)NCc2ccc(-n3ccnc3)nc2)C1. The van der Waals surface area contributed by atoms with E-state index in [9.17, 15) is 9.59 Å². The van der Waals surface area contributed by atoms with Gasteiger partial charge in [0.05, 0.1) is 5.92 Å². The Kier molecular flexibility index (Phi) is 5.27. The summed E-state index contributed by atoms with van der Waals surface area (Å²) in [6.45, 7) is 1.54. The summed E-state index contributed by atoms with van der Waals surface area (Å²) in [5.74, 6) is 0.648. The smallest absolute Gasteiger partial charge is 0.317 e. The molecule has 0 bridgehead atoms. The lowest BCUT2D eigenvalue weighted by molar-refractivity contribution is -0.125. The van der Waals surface area contributed by atoms with Gasteiger partial charge in [0.15, 0.2) is 0 Å². The molecule has 0 spiro atoms. The van der Waals surface area contributed by atoms with Crippen molar-refractivity contribution in [1.29, 1.82) is 0 Å². The Morgan fingerprint density at radius 1 is 1.36 bits per heavy atom. The summed E-state index contributed by atoms with van der Waals surface area (Å²) < 4.78 is 1.81. The number of pyridine rings is 1. The lowest BCUT2D eigenvalue weighted by Crippen LogP contribution is -2.48. The Labute approximate surface area is 146 Å².